The molecule has 2 amide bonds. The number of nitrogens with zero attached hydrogens (tertiary/aromatic N) is 2. The van der Waals surface area contributed by atoms with Crippen molar-refractivity contribution in [3.05, 3.63) is 65.2 Å². The van der Waals surface area contributed by atoms with Gasteiger partial charge in [-0.15, -0.1) is 0 Å². The highest BCUT2D eigenvalue weighted by atomic mass is 32.2. The van der Waals surface area contributed by atoms with Gasteiger partial charge in [0.2, 0.25) is 21.8 Å². The molecule has 0 spiro atoms. The highest BCUT2D eigenvalue weighted by molar-refractivity contribution is 7.92. The predicted molar refractivity (Wildman–Crippen MR) is 142 cm³/mol. The zero-order chi connectivity index (χ0) is 26.3. The Morgan fingerprint density at radius 3 is 2.09 bits per heavy atom. The lowest BCUT2D eigenvalue weighted by Crippen LogP contribution is -2.51. The van der Waals surface area contributed by atoms with Crippen molar-refractivity contribution < 1.29 is 18.0 Å². The molecular formula is C27H39N3O4S. The first kappa shape index (κ1) is 28.4. The number of nitrogens with one attached hydrogen (secondary N) is 1. The molecule has 2 aromatic carbocycles. The molecule has 1 atom stereocenters. The first-order valence-corrected chi connectivity index (χ1v) is 13.9. The lowest BCUT2D eigenvalue weighted by molar-refractivity contribution is -0.139. The van der Waals surface area contributed by atoms with Gasteiger partial charge in [0.15, 0.2) is 0 Å². The summed E-state index contributed by atoms with van der Waals surface area (Å²) < 4.78 is 26.8. The molecule has 2 aromatic rings. The van der Waals surface area contributed by atoms with Crippen LogP contribution < -0.4 is 9.62 Å². The third kappa shape index (κ3) is 8.09. The molecule has 35 heavy (non-hydrogen) atoms. The van der Waals surface area contributed by atoms with Gasteiger partial charge < -0.3 is 10.2 Å². The summed E-state index contributed by atoms with van der Waals surface area (Å²) in [4.78, 5) is 28.0. The van der Waals surface area contributed by atoms with Crippen molar-refractivity contribution in [2.75, 3.05) is 23.7 Å². The number of rotatable bonds is 11. The Balaban J connectivity index is 2.42. The van der Waals surface area contributed by atoms with Gasteiger partial charge in [-0.2, -0.15) is 0 Å². The van der Waals surface area contributed by atoms with Gasteiger partial charge in [-0.1, -0.05) is 75.7 Å². The minimum Gasteiger partial charge on any atom is -0.354 e. The molecule has 192 valence electrons. The van der Waals surface area contributed by atoms with Crippen molar-refractivity contribution in [2.45, 2.75) is 60.0 Å². The van der Waals surface area contributed by atoms with E-state index in [1.165, 1.54) is 4.90 Å². The molecule has 0 saturated carbocycles. The third-order valence-corrected chi connectivity index (χ3v) is 6.96. The van der Waals surface area contributed by atoms with Gasteiger partial charge in [-0.3, -0.25) is 13.9 Å². The molecule has 0 aliphatic carbocycles. The molecule has 8 heteroatoms. The van der Waals surface area contributed by atoms with Gasteiger partial charge in [-0.05, 0) is 42.9 Å². The Hall–Kier alpha value is -2.87. The van der Waals surface area contributed by atoms with E-state index in [2.05, 4.69) is 5.32 Å². The van der Waals surface area contributed by atoms with E-state index in [4.69, 9.17) is 0 Å². The maximum atomic E-state index is 13.6. The van der Waals surface area contributed by atoms with E-state index in [9.17, 15) is 18.0 Å². The number of sulfonamides is 1. The number of anilines is 1. The normalized spacial score (nSPS) is 12.5. The second-order valence-corrected chi connectivity index (χ2v) is 11.7. The minimum atomic E-state index is -3.76. The number of benzene rings is 2. The summed E-state index contributed by atoms with van der Waals surface area (Å²) in [6.45, 7) is 11.9. The van der Waals surface area contributed by atoms with Crippen LogP contribution >= 0.6 is 0 Å². The highest BCUT2D eigenvalue weighted by Gasteiger charge is 2.31. The average Bonchev–Trinajstić information content (AvgIpc) is 2.79. The number of hydrogen-bond donors (Lipinski definition) is 1. The molecule has 2 rings (SSSR count). The zero-order valence-electron chi connectivity index (χ0n) is 21.9. The van der Waals surface area contributed by atoms with E-state index in [1.54, 1.807) is 19.1 Å². The van der Waals surface area contributed by atoms with Crippen molar-refractivity contribution in [3.8, 4) is 0 Å². The molecule has 7 nitrogen and oxygen atoms in total. The molecule has 0 unspecified atom stereocenters. The second kappa shape index (κ2) is 12.2. The number of carbonyl (C=O) groups excluding carboxylic acids is 2. The smallest absolute Gasteiger partial charge is 0.244 e. The first-order chi connectivity index (χ1) is 16.3. The summed E-state index contributed by atoms with van der Waals surface area (Å²) in [5.74, 6) is -0.384. The van der Waals surface area contributed by atoms with Crippen LogP contribution in [-0.2, 0) is 26.2 Å². The molecule has 0 fully saturated rings. The van der Waals surface area contributed by atoms with Gasteiger partial charge in [-0.25, -0.2) is 8.42 Å². The molecule has 1 N–H and O–H groups in total. The standard InChI is InChI=1S/C27H39N3O4S/c1-19(2)16-28-27(32)22(6)29(17-23-14-12-21(5)13-15-23)26(31)18-30(35(7,33)34)25-11-9-8-10-24(25)20(3)4/h8-15,19-20,22H,16-18H2,1-7H3,(H,28,32)/t22-/m0/s1. The molecule has 0 aliphatic rings. The fourth-order valence-electron chi connectivity index (χ4n) is 3.72. The largest absolute Gasteiger partial charge is 0.354 e. The van der Waals surface area contributed by atoms with Gasteiger partial charge in [0.25, 0.3) is 0 Å². The number of hydrogen-bond acceptors (Lipinski definition) is 4. The highest BCUT2D eigenvalue weighted by Crippen LogP contribution is 2.29. The average molecular weight is 502 g/mol. The van der Waals surface area contributed by atoms with Crippen LogP contribution in [0.5, 0.6) is 0 Å². The fourth-order valence-corrected chi connectivity index (χ4v) is 4.59. The van der Waals surface area contributed by atoms with E-state index in [-0.39, 0.29) is 24.3 Å². The maximum absolute atomic E-state index is 13.6. The Labute approximate surface area is 210 Å². The number of para-hydroxylation sites is 1. The number of amides is 2. The Kier molecular flexibility index (Phi) is 9.89. The van der Waals surface area contributed by atoms with Crippen molar-refractivity contribution in [1.82, 2.24) is 10.2 Å². The Morgan fingerprint density at radius 2 is 1.54 bits per heavy atom. The van der Waals surface area contributed by atoms with E-state index >= 15 is 0 Å². The minimum absolute atomic E-state index is 0.0648. The summed E-state index contributed by atoms with van der Waals surface area (Å²) in [6.07, 6.45) is 1.10. The molecule has 0 radical (unpaired) electrons. The van der Waals surface area contributed by atoms with E-state index in [1.807, 2.05) is 71.0 Å². The van der Waals surface area contributed by atoms with Crippen LogP contribution in [-0.4, -0.2) is 50.5 Å². The van der Waals surface area contributed by atoms with E-state index < -0.39 is 28.5 Å². The van der Waals surface area contributed by atoms with Crippen LogP contribution in [0.25, 0.3) is 0 Å². The SMILES string of the molecule is Cc1ccc(CN(C(=O)CN(c2ccccc2C(C)C)S(C)(=O)=O)[C@@H](C)C(=O)NCC(C)C)cc1. The van der Waals surface area contributed by atoms with E-state index in [0.29, 0.717) is 12.2 Å². The van der Waals surface area contributed by atoms with Crippen LogP contribution in [0.1, 0.15) is 57.2 Å². The zero-order valence-corrected chi connectivity index (χ0v) is 22.7. The topological polar surface area (TPSA) is 86.8 Å². The van der Waals surface area contributed by atoms with Crippen molar-refractivity contribution in [1.29, 1.82) is 0 Å². The predicted octanol–water partition coefficient (Wildman–Crippen LogP) is 4.07. The van der Waals surface area contributed by atoms with E-state index in [0.717, 1.165) is 27.3 Å². The molecule has 0 aromatic heterocycles. The summed E-state index contributed by atoms with van der Waals surface area (Å²) in [7, 11) is -3.76. The van der Waals surface area contributed by atoms with Gasteiger partial charge >= 0.3 is 0 Å². The number of aryl methyl sites for hydroxylation is 1. The molecule has 0 aliphatic heterocycles. The summed E-state index contributed by atoms with van der Waals surface area (Å²) in [5.41, 5.74) is 3.26. The van der Waals surface area contributed by atoms with Crippen LogP contribution in [0.2, 0.25) is 0 Å². The van der Waals surface area contributed by atoms with Crippen molar-refractivity contribution in [2.24, 2.45) is 5.92 Å². The third-order valence-electron chi connectivity index (χ3n) is 5.83. The van der Waals surface area contributed by atoms with Gasteiger partial charge in [0, 0.05) is 13.1 Å². The molecule has 0 heterocycles. The van der Waals surface area contributed by atoms with Crippen LogP contribution in [0.4, 0.5) is 5.69 Å². The van der Waals surface area contributed by atoms with Crippen molar-refractivity contribution >= 4 is 27.5 Å². The molecular weight excluding hydrogens is 462 g/mol. The van der Waals surface area contributed by atoms with Crippen molar-refractivity contribution in [3.63, 3.8) is 0 Å². The number of carbonyl (C=O) groups is 2. The molecule has 0 bridgehead atoms. The Bertz CT molecular complexity index is 1110. The summed E-state index contributed by atoms with van der Waals surface area (Å²) >= 11 is 0. The van der Waals surface area contributed by atoms with Crippen LogP contribution in [0.3, 0.4) is 0 Å². The lowest BCUT2D eigenvalue weighted by atomic mass is 10.0. The summed E-state index contributed by atoms with van der Waals surface area (Å²) in [6, 6.07) is 14.1. The maximum Gasteiger partial charge on any atom is 0.244 e. The quantitative estimate of drug-likeness (QED) is 0.503. The fraction of sp³-hybridized carbons (Fsp3) is 0.481. The van der Waals surface area contributed by atoms with Gasteiger partial charge in [0.1, 0.15) is 12.6 Å². The monoisotopic (exact) mass is 501 g/mol. The van der Waals surface area contributed by atoms with Crippen LogP contribution in [0.15, 0.2) is 48.5 Å². The lowest BCUT2D eigenvalue weighted by Gasteiger charge is -2.32. The molecule has 0 saturated heterocycles. The summed E-state index contributed by atoms with van der Waals surface area (Å²) in [5, 5.41) is 2.89. The van der Waals surface area contributed by atoms with Gasteiger partial charge in [0.05, 0.1) is 11.9 Å². The Morgan fingerprint density at radius 1 is 0.943 bits per heavy atom. The first-order valence-electron chi connectivity index (χ1n) is 12.0. The van der Waals surface area contributed by atoms with Crippen LogP contribution in [0, 0.1) is 12.8 Å². The second-order valence-electron chi connectivity index (χ2n) is 9.81.